The Hall–Kier alpha value is -3.41. The van der Waals surface area contributed by atoms with Crippen molar-refractivity contribution in [3.8, 4) is 0 Å². The SMILES string of the molecule is CC\C=C/C=C\C=C/C=C\C=C/CCCC(=O)OC(COC(=O)CC/C=C\C/C=C\CCCCCCCC)COC(=O)CCCCCCCCCCCCCCCCCCC. The molecule has 0 spiro atoms. The van der Waals surface area contributed by atoms with E-state index < -0.39 is 12.1 Å². The third-order valence-electron chi connectivity index (χ3n) is 10.5. The first-order valence-corrected chi connectivity index (χ1v) is 25.2. The van der Waals surface area contributed by atoms with E-state index in [0.29, 0.717) is 19.3 Å². The molecule has 0 amide bonds. The Morgan fingerprint density at radius 3 is 1.26 bits per heavy atom. The summed E-state index contributed by atoms with van der Waals surface area (Å²) in [7, 11) is 0. The van der Waals surface area contributed by atoms with E-state index in [1.807, 2.05) is 60.8 Å². The molecule has 0 fully saturated rings. The van der Waals surface area contributed by atoms with Crippen molar-refractivity contribution in [2.75, 3.05) is 13.2 Å². The molecule has 0 heterocycles. The minimum absolute atomic E-state index is 0.121. The Morgan fingerprint density at radius 2 is 0.754 bits per heavy atom. The van der Waals surface area contributed by atoms with E-state index >= 15 is 0 Å². The van der Waals surface area contributed by atoms with Crippen LogP contribution in [0, 0.1) is 0 Å². The van der Waals surface area contributed by atoms with Crippen LogP contribution >= 0.6 is 0 Å². The van der Waals surface area contributed by atoms with Gasteiger partial charge in [0.05, 0.1) is 0 Å². The van der Waals surface area contributed by atoms with Gasteiger partial charge in [0, 0.05) is 19.3 Å². The quantitative estimate of drug-likeness (QED) is 0.0200. The van der Waals surface area contributed by atoms with Gasteiger partial charge in [-0.25, -0.2) is 0 Å². The number of esters is 3. The molecule has 0 N–H and O–H groups in total. The van der Waals surface area contributed by atoms with Gasteiger partial charge in [0.25, 0.3) is 0 Å². The lowest BCUT2D eigenvalue weighted by Crippen LogP contribution is -2.30. The monoisotopic (exact) mass is 849 g/mol. The Balaban J connectivity index is 4.50. The molecule has 1 unspecified atom stereocenters. The summed E-state index contributed by atoms with van der Waals surface area (Å²) in [6, 6.07) is 0. The van der Waals surface area contributed by atoms with Crippen molar-refractivity contribution in [2.24, 2.45) is 0 Å². The van der Waals surface area contributed by atoms with Gasteiger partial charge in [-0.2, -0.15) is 0 Å². The Labute approximate surface area is 375 Å². The lowest BCUT2D eigenvalue weighted by molar-refractivity contribution is -0.166. The normalized spacial score (nSPS) is 12.8. The average Bonchev–Trinajstić information content (AvgIpc) is 3.26. The number of hydrogen-bond acceptors (Lipinski definition) is 6. The van der Waals surface area contributed by atoms with E-state index in [4.69, 9.17) is 14.2 Å². The van der Waals surface area contributed by atoms with Crippen LogP contribution in [0.2, 0.25) is 0 Å². The molecule has 348 valence electrons. The van der Waals surface area contributed by atoms with E-state index in [1.54, 1.807) is 0 Å². The van der Waals surface area contributed by atoms with Crippen molar-refractivity contribution in [1.29, 1.82) is 0 Å². The van der Waals surface area contributed by atoms with Crippen LogP contribution in [-0.4, -0.2) is 37.2 Å². The Bertz CT molecular complexity index is 1200. The summed E-state index contributed by atoms with van der Waals surface area (Å²) in [5.74, 6) is -1.07. The molecule has 0 aliphatic rings. The van der Waals surface area contributed by atoms with E-state index in [1.165, 1.54) is 128 Å². The predicted molar refractivity (Wildman–Crippen MR) is 261 cm³/mol. The van der Waals surface area contributed by atoms with Crippen molar-refractivity contribution in [3.05, 3.63) is 85.1 Å². The molecule has 0 saturated carbocycles. The zero-order valence-electron chi connectivity index (χ0n) is 39.7. The first kappa shape index (κ1) is 57.6. The maximum atomic E-state index is 12.7. The van der Waals surface area contributed by atoms with Crippen molar-refractivity contribution in [3.63, 3.8) is 0 Å². The summed E-state index contributed by atoms with van der Waals surface area (Å²) >= 11 is 0. The molecule has 0 radical (unpaired) electrons. The van der Waals surface area contributed by atoms with Crippen LogP contribution in [0.3, 0.4) is 0 Å². The Kier molecular flexibility index (Phi) is 46.5. The van der Waals surface area contributed by atoms with E-state index in [-0.39, 0.29) is 38.0 Å². The minimum Gasteiger partial charge on any atom is -0.462 e. The van der Waals surface area contributed by atoms with Gasteiger partial charge in [0.15, 0.2) is 6.10 Å². The highest BCUT2D eigenvalue weighted by molar-refractivity contribution is 5.71. The number of carbonyl (C=O) groups excluding carboxylic acids is 3. The highest BCUT2D eigenvalue weighted by atomic mass is 16.6. The molecule has 1 atom stereocenters. The van der Waals surface area contributed by atoms with Crippen molar-refractivity contribution >= 4 is 17.9 Å². The van der Waals surface area contributed by atoms with Crippen molar-refractivity contribution < 1.29 is 28.6 Å². The maximum Gasteiger partial charge on any atom is 0.306 e. The van der Waals surface area contributed by atoms with Gasteiger partial charge in [-0.15, -0.1) is 0 Å². The highest BCUT2D eigenvalue weighted by Crippen LogP contribution is 2.15. The first-order chi connectivity index (χ1) is 30.0. The lowest BCUT2D eigenvalue weighted by Gasteiger charge is -2.18. The van der Waals surface area contributed by atoms with Crippen LogP contribution in [0.25, 0.3) is 0 Å². The molecule has 0 aromatic carbocycles. The lowest BCUT2D eigenvalue weighted by atomic mass is 10.0. The second kappa shape index (κ2) is 49.2. The number of allylic oxidation sites excluding steroid dienone is 14. The first-order valence-electron chi connectivity index (χ1n) is 25.2. The van der Waals surface area contributed by atoms with Gasteiger partial charge < -0.3 is 14.2 Å². The summed E-state index contributed by atoms with van der Waals surface area (Å²) in [6.07, 6.45) is 63.1. The van der Waals surface area contributed by atoms with Gasteiger partial charge in [0.2, 0.25) is 0 Å². The van der Waals surface area contributed by atoms with Crippen LogP contribution in [0.4, 0.5) is 0 Å². The molecule has 6 nitrogen and oxygen atoms in total. The number of unbranched alkanes of at least 4 members (excludes halogenated alkanes) is 23. The topological polar surface area (TPSA) is 78.9 Å². The van der Waals surface area contributed by atoms with Gasteiger partial charge in [-0.05, 0) is 51.4 Å². The minimum atomic E-state index is -0.833. The summed E-state index contributed by atoms with van der Waals surface area (Å²) < 4.78 is 16.6. The molecule has 61 heavy (non-hydrogen) atoms. The fraction of sp³-hybridized carbons (Fsp3) is 0.691. The molecule has 0 aromatic heterocycles. The summed E-state index contributed by atoms with van der Waals surface area (Å²) in [6.45, 7) is 6.37. The molecule has 0 bridgehead atoms. The summed E-state index contributed by atoms with van der Waals surface area (Å²) in [4.78, 5) is 37.8. The third-order valence-corrected chi connectivity index (χ3v) is 10.5. The van der Waals surface area contributed by atoms with Gasteiger partial charge in [0.1, 0.15) is 13.2 Å². The molecule has 0 aliphatic heterocycles. The van der Waals surface area contributed by atoms with Gasteiger partial charge in [-0.1, -0.05) is 241 Å². The average molecular weight is 849 g/mol. The number of rotatable bonds is 44. The highest BCUT2D eigenvalue weighted by Gasteiger charge is 2.19. The maximum absolute atomic E-state index is 12.7. The zero-order valence-corrected chi connectivity index (χ0v) is 39.7. The fourth-order valence-electron chi connectivity index (χ4n) is 6.76. The standard InChI is InChI=1S/C55H92O6/c1-4-7-10-13-16-19-22-25-26-27-28-31-33-36-39-42-45-48-54(57)60-51-52(61-55(58)49-46-43-40-37-34-30-24-21-18-15-12-9-6-3)50-59-53(56)47-44-41-38-35-32-29-23-20-17-14-11-8-5-2/h9,12,15,18,21,24,29-30,32,34,37-38,40-41,52H,4-8,10-11,13-14,16-17,19-20,22-23,25-28,31,33,35-36,39,42-51H2,1-3H3/b12-9-,18-15-,24-21-,32-29-,34-30-,40-37-,41-38-. The van der Waals surface area contributed by atoms with Crippen LogP contribution in [0.15, 0.2) is 85.1 Å². The molecule has 0 aliphatic carbocycles. The number of carbonyl (C=O) groups is 3. The van der Waals surface area contributed by atoms with Crippen LogP contribution in [-0.2, 0) is 28.6 Å². The number of ether oxygens (including phenoxy) is 3. The van der Waals surface area contributed by atoms with Crippen molar-refractivity contribution in [2.45, 2.75) is 232 Å². The summed E-state index contributed by atoms with van der Waals surface area (Å²) in [5.41, 5.74) is 0. The summed E-state index contributed by atoms with van der Waals surface area (Å²) in [5, 5.41) is 0. The molecule has 0 aromatic rings. The van der Waals surface area contributed by atoms with Crippen molar-refractivity contribution in [1.82, 2.24) is 0 Å². The van der Waals surface area contributed by atoms with Gasteiger partial charge in [-0.3, -0.25) is 14.4 Å². The van der Waals surface area contributed by atoms with Crippen LogP contribution in [0.5, 0.6) is 0 Å². The molecule has 0 rings (SSSR count). The van der Waals surface area contributed by atoms with E-state index in [9.17, 15) is 14.4 Å². The van der Waals surface area contributed by atoms with E-state index in [2.05, 4.69) is 45.1 Å². The second-order valence-corrected chi connectivity index (χ2v) is 16.5. The molecule has 6 heteroatoms. The number of hydrogen-bond donors (Lipinski definition) is 0. The fourth-order valence-corrected chi connectivity index (χ4v) is 6.76. The molecular formula is C55H92O6. The smallest absolute Gasteiger partial charge is 0.306 e. The largest absolute Gasteiger partial charge is 0.462 e. The van der Waals surface area contributed by atoms with Crippen LogP contribution in [0.1, 0.15) is 226 Å². The molecular weight excluding hydrogens is 757 g/mol. The third kappa shape index (κ3) is 47.5. The van der Waals surface area contributed by atoms with E-state index in [0.717, 1.165) is 44.9 Å². The Morgan fingerprint density at radius 1 is 0.361 bits per heavy atom. The molecule has 0 saturated heterocycles. The van der Waals surface area contributed by atoms with Gasteiger partial charge >= 0.3 is 17.9 Å². The predicted octanol–water partition coefficient (Wildman–Crippen LogP) is 16.4. The zero-order chi connectivity index (χ0) is 44.4. The second-order valence-electron chi connectivity index (χ2n) is 16.5. The van der Waals surface area contributed by atoms with Crippen LogP contribution < -0.4 is 0 Å².